The van der Waals surface area contributed by atoms with E-state index < -0.39 is 23.8 Å². The minimum absolute atomic E-state index is 0.0766. The number of aromatic hydroxyl groups is 1. The number of carbonyl (C=O) groups excluding carboxylic acids is 2. The van der Waals surface area contributed by atoms with E-state index in [-0.39, 0.29) is 29.4 Å². The Bertz CT molecular complexity index is 977. The number of methoxy groups -OCH3 is 1. The third-order valence-corrected chi connectivity index (χ3v) is 4.85. The van der Waals surface area contributed by atoms with Crippen molar-refractivity contribution in [2.75, 3.05) is 13.7 Å². The second-order valence-corrected chi connectivity index (χ2v) is 7.10. The van der Waals surface area contributed by atoms with Crippen LogP contribution in [0.1, 0.15) is 29.7 Å². The Morgan fingerprint density at radius 3 is 2.41 bits per heavy atom. The maximum atomic E-state index is 12.8. The van der Waals surface area contributed by atoms with Crippen molar-refractivity contribution in [1.29, 1.82) is 0 Å². The molecule has 0 unspecified atom stereocenters. The Balaban J connectivity index is 2.21. The van der Waals surface area contributed by atoms with Gasteiger partial charge in [0.1, 0.15) is 5.76 Å². The maximum Gasteiger partial charge on any atom is 0.295 e. The smallest absolute Gasteiger partial charge is 0.295 e. The van der Waals surface area contributed by atoms with E-state index in [1.165, 1.54) is 31.1 Å². The number of aliphatic hydroxyl groups is 2. The zero-order valence-electron chi connectivity index (χ0n) is 16.4. The lowest BCUT2D eigenvalue weighted by molar-refractivity contribution is -0.140. The number of amides is 1. The Hall–Kier alpha value is -3.32. The summed E-state index contributed by atoms with van der Waals surface area (Å²) in [4.78, 5) is 26.7. The fourth-order valence-electron chi connectivity index (χ4n) is 3.43. The first-order valence-electron chi connectivity index (χ1n) is 9.15. The van der Waals surface area contributed by atoms with Crippen LogP contribution in [0.3, 0.4) is 0 Å². The number of ketones is 1. The third kappa shape index (κ3) is 3.82. The average Bonchev–Trinajstić information content (AvgIpc) is 2.93. The van der Waals surface area contributed by atoms with Gasteiger partial charge in [0, 0.05) is 12.1 Å². The van der Waals surface area contributed by atoms with Crippen molar-refractivity contribution in [3.8, 4) is 11.5 Å². The van der Waals surface area contributed by atoms with Gasteiger partial charge in [0.25, 0.3) is 11.7 Å². The van der Waals surface area contributed by atoms with E-state index in [2.05, 4.69) is 0 Å². The quantitative estimate of drug-likeness (QED) is 0.407. The van der Waals surface area contributed by atoms with Crippen LogP contribution in [0.5, 0.6) is 11.5 Å². The van der Waals surface area contributed by atoms with Crippen LogP contribution in [0.4, 0.5) is 0 Å². The van der Waals surface area contributed by atoms with Gasteiger partial charge >= 0.3 is 0 Å². The molecule has 0 spiro atoms. The number of β-amino-alcohol motifs (C(OH)–C–C–N with tert-alkyl or cyclic N) is 1. The van der Waals surface area contributed by atoms with Gasteiger partial charge < -0.3 is 25.0 Å². The predicted molar refractivity (Wildman–Crippen MR) is 107 cm³/mol. The van der Waals surface area contributed by atoms with Crippen LogP contribution in [0.25, 0.3) is 5.76 Å². The number of carbonyl (C=O) groups is 2. The van der Waals surface area contributed by atoms with Crippen LogP contribution in [-0.2, 0) is 9.59 Å². The summed E-state index contributed by atoms with van der Waals surface area (Å²) in [6.07, 6.45) is -0.880. The summed E-state index contributed by atoms with van der Waals surface area (Å²) >= 11 is 0. The number of phenols is 1. The van der Waals surface area contributed by atoms with Crippen LogP contribution in [0, 0.1) is 6.92 Å². The first-order valence-corrected chi connectivity index (χ1v) is 9.15. The van der Waals surface area contributed by atoms with E-state index >= 15 is 0 Å². The number of Topliss-reactive ketones (excluding diaryl/α,β-unsaturated/α-hetero) is 1. The molecular formula is C22H23NO6. The maximum absolute atomic E-state index is 12.8. The van der Waals surface area contributed by atoms with Gasteiger partial charge in [-0.25, -0.2) is 0 Å². The lowest BCUT2D eigenvalue weighted by Gasteiger charge is -2.26. The molecule has 3 rings (SSSR count). The van der Waals surface area contributed by atoms with E-state index in [4.69, 9.17) is 4.74 Å². The summed E-state index contributed by atoms with van der Waals surface area (Å²) in [5, 5.41) is 30.6. The molecule has 1 heterocycles. The van der Waals surface area contributed by atoms with E-state index in [9.17, 15) is 24.9 Å². The number of phenolic OH excluding ortho intramolecular Hbond substituents is 1. The summed E-state index contributed by atoms with van der Waals surface area (Å²) in [6.45, 7) is 3.31. The summed E-state index contributed by atoms with van der Waals surface area (Å²) in [5.41, 5.74) is 1.78. The van der Waals surface area contributed by atoms with Crippen LogP contribution in [0.15, 0.2) is 48.0 Å². The van der Waals surface area contributed by atoms with Gasteiger partial charge in [-0.05, 0) is 31.5 Å². The molecule has 7 nitrogen and oxygen atoms in total. The van der Waals surface area contributed by atoms with Gasteiger partial charge in [-0.1, -0.05) is 35.9 Å². The van der Waals surface area contributed by atoms with Crippen LogP contribution >= 0.6 is 0 Å². The summed E-state index contributed by atoms with van der Waals surface area (Å²) in [7, 11) is 1.39. The molecule has 152 valence electrons. The number of nitrogens with zero attached hydrogens (tertiary/aromatic N) is 1. The molecule has 1 saturated heterocycles. The normalized spacial score (nSPS) is 19.4. The van der Waals surface area contributed by atoms with Crippen molar-refractivity contribution in [3.05, 3.63) is 64.7 Å². The zero-order chi connectivity index (χ0) is 21.3. The lowest BCUT2D eigenvalue weighted by atomic mass is 9.94. The Kier molecular flexibility index (Phi) is 5.61. The number of likely N-dealkylation sites (tertiary alicyclic amines) is 1. The Labute approximate surface area is 168 Å². The van der Waals surface area contributed by atoms with E-state index in [1.54, 1.807) is 30.3 Å². The molecule has 0 aromatic heterocycles. The van der Waals surface area contributed by atoms with Crippen molar-refractivity contribution in [3.63, 3.8) is 0 Å². The van der Waals surface area contributed by atoms with Crippen molar-refractivity contribution < 1.29 is 29.6 Å². The fraction of sp³-hybridized carbons (Fsp3) is 0.273. The number of hydrogen-bond acceptors (Lipinski definition) is 6. The highest BCUT2D eigenvalue weighted by molar-refractivity contribution is 6.46. The van der Waals surface area contributed by atoms with E-state index in [1.807, 2.05) is 6.92 Å². The molecule has 0 radical (unpaired) electrons. The molecule has 7 heteroatoms. The monoisotopic (exact) mass is 397 g/mol. The van der Waals surface area contributed by atoms with Gasteiger partial charge in [0.15, 0.2) is 11.5 Å². The first-order chi connectivity index (χ1) is 13.7. The molecule has 1 aliphatic heterocycles. The number of aryl methyl sites for hydroxylation is 1. The molecule has 0 saturated carbocycles. The summed E-state index contributed by atoms with van der Waals surface area (Å²) in [6, 6.07) is 10.4. The molecular weight excluding hydrogens is 374 g/mol. The highest BCUT2D eigenvalue weighted by atomic mass is 16.5. The van der Waals surface area contributed by atoms with Gasteiger partial charge in [0.05, 0.1) is 24.8 Å². The standard InChI is InChI=1S/C22H23NO6/c1-12-4-6-14(7-5-12)20(26)18-19(15-8-9-16(25)17(10-15)29-3)23(11-13(2)24)22(28)21(18)27/h4-10,13,19,24-26H,11H2,1-3H3/t13-,19+/m1/s1. The van der Waals surface area contributed by atoms with Crippen LogP contribution in [0.2, 0.25) is 0 Å². The SMILES string of the molecule is COc1cc([C@H]2C(=C(O)c3ccc(C)cc3)C(=O)C(=O)N2C[C@@H](C)O)ccc1O. The second-order valence-electron chi connectivity index (χ2n) is 7.10. The minimum Gasteiger partial charge on any atom is -0.507 e. The van der Waals surface area contributed by atoms with Crippen molar-refractivity contribution in [2.45, 2.75) is 26.0 Å². The van der Waals surface area contributed by atoms with Crippen molar-refractivity contribution in [2.24, 2.45) is 0 Å². The summed E-state index contributed by atoms with van der Waals surface area (Å²) in [5.74, 6) is -1.87. The molecule has 29 heavy (non-hydrogen) atoms. The largest absolute Gasteiger partial charge is 0.507 e. The Morgan fingerprint density at radius 1 is 1.17 bits per heavy atom. The molecule has 2 atom stereocenters. The number of benzene rings is 2. The molecule has 2 aromatic rings. The van der Waals surface area contributed by atoms with Crippen molar-refractivity contribution >= 4 is 17.4 Å². The van der Waals surface area contributed by atoms with Gasteiger partial charge in [-0.3, -0.25) is 9.59 Å². The van der Waals surface area contributed by atoms with Gasteiger partial charge in [-0.2, -0.15) is 0 Å². The minimum atomic E-state index is -0.930. The number of ether oxygens (including phenoxy) is 1. The summed E-state index contributed by atoms with van der Waals surface area (Å²) < 4.78 is 5.14. The molecule has 1 amide bonds. The van der Waals surface area contributed by atoms with Crippen LogP contribution < -0.4 is 4.74 Å². The number of rotatable bonds is 5. The van der Waals surface area contributed by atoms with Crippen molar-refractivity contribution in [1.82, 2.24) is 4.90 Å². The molecule has 1 fully saturated rings. The van der Waals surface area contributed by atoms with E-state index in [0.29, 0.717) is 11.1 Å². The average molecular weight is 397 g/mol. The molecule has 0 aliphatic carbocycles. The third-order valence-electron chi connectivity index (χ3n) is 4.85. The fourth-order valence-corrected chi connectivity index (χ4v) is 3.43. The topological polar surface area (TPSA) is 107 Å². The molecule has 2 aromatic carbocycles. The second kappa shape index (κ2) is 7.97. The number of aliphatic hydroxyl groups excluding tert-OH is 2. The van der Waals surface area contributed by atoms with Crippen LogP contribution in [-0.4, -0.2) is 51.7 Å². The van der Waals surface area contributed by atoms with E-state index in [0.717, 1.165) is 5.56 Å². The first kappa shape index (κ1) is 20.4. The molecule has 0 bridgehead atoms. The highest BCUT2D eigenvalue weighted by Crippen LogP contribution is 2.41. The molecule has 3 N–H and O–H groups in total. The number of hydrogen-bond donors (Lipinski definition) is 3. The lowest BCUT2D eigenvalue weighted by Crippen LogP contribution is -2.35. The zero-order valence-corrected chi connectivity index (χ0v) is 16.4. The molecule has 1 aliphatic rings. The van der Waals surface area contributed by atoms with Gasteiger partial charge in [0.2, 0.25) is 0 Å². The highest BCUT2D eigenvalue weighted by Gasteiger charge is 2.46. The van der Waals surface area contributed by atoms with Gasteiger partial charge in [-0.15, -0.1) is 0 Å². The predicted octanol–water partition coefficient (Wildman–Crippen LogP) is 2.51. The Morgan fingerprint density at radius 2 is 1.83 bits per heavy atom.